The van der Waals surface area contributed by atoms with E-state index < -0.39 is 0 Å². The van der Waals surface area contributed by atoms with E-state index in [1.165, 1.54) is 0 Å². The van der Waals surface area contributed by atoms with Gasteiger partial charge in [-0.25, -0.2) is 0 Å². The van der Waals surface area contributed by atoms with Crippen LogP contribution >= 0.6 is 0 Å². The van der Waals surface area contributed by atoms with E-state index in [1.54, 1.807) is 4.90 Å². The first-order chi connectivity index (χ1) is 11.2. The van der Waals surface area contributed by atoms with Gasteiger partial charge in [0.15, 0.2) is 0 Å². The summed E-state index contributed by atoms with van der Waals surface area (Å²) in [5.74, 6) is 1.70. The molecule has 1 aliphatic rings. The number of nitrogens with one attached hydrogen (secondary N) is 1. The SMILES string of the molecule is CN(C(=O)CC1CCCN1)c1ccc(Oc2ccccc2)cc1. The summed E-state index contributed by atoms with van der Waals surface area (Å²) in [6.45, 7) is 1.02. The van der Waals surface area contributed by atoms with Gasteiger partial charge in [0, 0.05) is 25.2 Å². The van der Waals surface area contributed by atoms with Crippen molar-refractivity contribution in [3.05, 3.63) is 54.6 Å². The molecule has 0 aromatic heterocycles. The minimum absolute atomic E-state index is 0.140. The second kappa shape index (κ2) is 7.29. The van der Waals surface area contributed by atoms with Crippen molar-refractivity contribution in [1.29, 1.82) is 0 Å². The smallest absolute Gasteiger partial charge is 0.228 e. The zero-order chi connectivity index (χ0) is 16.1. The van der Waals surface area contributed by atoms with E-state index in [2.05, 4.69) is 5.32 Å². The molecule has 1 aliphatic heterocycles. The van der Waals surface area contributed by atoms with E-state index >= 15 is 0 Å². The van der Waals surface area contributed by atoms with Crippen molar-refractivity contribution in [2.24, 2.45) is 0 Å². The van der Waals surface area contributed by atoms with E-state index in [4.69, 9.17) is 4.74 Å². The topological polar surface area (TPSA) is 41.6 Å². The highest BCUT2D eigenvalue weighted by Gasteiger charge is 2.20. The summed E-state index contributed by atoms with van der Waals surface area (Å²) in [6.07, 6.45) is 2.80. The minimum Gasteiger partial charge on any atom is -0.457 e. The van der Waals surface area contributed by atoms with Crippen LogP contribution in [0.3, 0.4) is 0 Å². The molecule has 1 fully saturated rings. The van der Waals surface area contributed by atoms with Crippen LogP contribution < -0.4 is 15.0 Å². The molecule has 1 heterocycles. The molecule has 0 spiro atoms. The van der Waals surface area contributed by atoms with Crippen LogP contribution in [-0.2, 0) is 4.79 Å². The van der Waals surface area contributed by atoms with Crippen molar-refractivity contribution in [1.82, 2.24) is 5.32 Å². The maximum Gasteiger partial charge on any atom is 0.228 e. The van der Waals surface area contributed by atoms with Crippen molar-refractivity contribution in [3.8, 4) is 11.5 Å². The van der Waals surface area contributed by atoms with E-state index in [0.717, 1.165) is 36.6 Å². The third kappa shape index (κ3) is 4.11. The maximum absolute atomic E-state index is 12.3. The zero-order valence-corrected chi connectivity index (χ0v) is 13.4. The van der Waals surface area contributed by atoms with Crippen LogP contribution in [0.25, 0.3) is 0 Å². The van der Waals surface area contributed by atoms with Crippen molar-refractivity contribution < 1.29 is 9.53 Å². The number of hydrogen-bond donors (Lipinski definition) is 1. The Kier molecular flexibility index (Phi) is 4.93. The second-order valence-corrected chi connectivity index (χ2v) is 5.86. The molecule has 4 heteroatoms. The van der Waals surface area contributed by atoms with Gasteiger partial charge in [0.05, 0.1) is 0 Å². The fourth-order valence-corrected chi connectivity index (χ4v) is 2.79. The monoisotopic (exact) mass is 310 g/mol. The normalized spacial score (nSPS) is 17.0. The number of amides is 1. The lowest BCUT2D eigenvalue weighted by Crippen LogP contribution is -2.33. The fraction of sp³-hybridized carbons (Fsp3) is 0.316. The van der Waals surface area contributed by atoms with Crippen molar-refractivity contribution in [2.45, 2.75) is 25.3 Å². The standard InChI is InChI=1S/C19H22N2O2/c1-21(19(22)14-15-6-5-13-20-15)16-9-11-18(12-10-16)23-17-7-3-2-4-8-17/h2-4,7-12,15,20H,5-6,13-14H2,1H3. The third-order valence-electron chi connectivity index (χ3n) is 4.16. The van der Waals surface area contributed by atoms with Crippen molar-refractivity contribution in [2.75, 3.05) is 18.5 Å². The molecule has 120 valence electrons. The van der Waals surface area contributed by atoms with Crippen molar-refractivity contribution >= 4 is 11.6 Å². The molecule has 1 saturated heterocycles. The van der Waals surface area contributed by atoms with Crippen LogP contribution in [0.5, 0.6) is 11.5 Å². The van der Waals surface area contributed by atoms with Gasteiger partial charge in [-0.2, -0.15) is 0 Å². The first-order valence-corrected chi connectivity index (χ1v) is 8.05. The van der Waals surface area contributed by atoms with Gasteiger partial charge in [0.1, 0.15) is 11.5 Å². The number of benzene rings is 2. The summed E-state index contributed by atoms with van der Waals surface area (Å²) in [6, 6.07) is 17.6. The highest BCUT2D eigenvalue weighted by atomic mass is 16.5. The summed E-state index contributed by atoms with van der Waals surface area (Å²) >= 11 is 0. The Morgan fingerprint density at radius 1 is 1.13 bits per heavy atom. The predicted molar refractivity (Wildman–Crippen MR) is 92.0 cm³/mol. The Labute approximate surface area is 137 Å². The number of anilines is 1. The minimum atomic E-state index is 0.140. The summed E-state index contributed by atoms with van der Waals surface area (Å²) in [5.41, 5.74) is 0.883. The molecule has 1 atom stereocenters. The summed E-state index contributed by atoms with van der Waals surface area (Å²) in [4.78, 5) is 14.0. The number of rotatable bonds is 5. The van der Waals surface area contributed by atoms with Gasteiger partial charge in [0.2, 0.25) is 5.91 Å². The summed E-state index contributed by atoms with van der Waals surface area (Å²) in [5, 5.41) is 3.36. The lowest BCUT2D eigenvalue weighted by molar-refractivity contribution is -0.118. The number of nitrogens with zero attached hydrogens (tertiary/aromatic N) is 1. The molecule has 0 saturated carbocycles. The summed E-state index contributed by atoms with van der Waals surface area (Å²) < 4.78 is 5.77. The number of carbonyl (C=O) groups is 1. The molecule has 0 aliphatic carbocycles. The van der Waals surface area contributed by atoms with Crippen LogP contribution in [0.15, 0.2) is 54.6 Å². The van der Waals surface area contributed by atoms with E-state index in [-0.39, 0.29) is 5.91 Å². The molecule has 1 N–H and O–H groups in total. The summed E-state index contributed by atoms with van der Waals surface area (Å²) in [7, 11) is 1.82. The quantitative estimate of drug-likeness (QED) is 0.917. The Hall–Kier alpha value is -2.33. The Morgan fingerprint density at radius 2 is 1.83 bits per heavy atom. The molecular formula is C19H22N2O2. The fourth-order valence-electron chi connectivity index (χ4n) is 2.79. The van der Waals surface area contributed by atoms with Crippen LogP contribution in [0.4, 0.5) is 5.69 Å². The zero-order valence-electron chi connectivity index (χ0n) is 13.4. The molecule has 2 aromatic carbocycles. The largest absolute Gasteiger partial charge is 0.457 e. The number of carbonyl (C=O) groups excluding carboxylic acids is 1. The lowest BCUT2D eigenvalue weighted by atomic mass is 10.1. The molecule has 2 aromatic rings. The van der Waals surface area contributed by atoms with Gasteiger partial charge in [-0.1, -0.05) is 18.2 Å². The average molecular weight is 310 g/mol. The Balaban J connectivity index is 1.60. The Bertz CT molecular complexity index is 634. The van der Waals surface area contributed by atoms with Crippen LogP contribution in [-0.4, -0.2) is 25.5 Å². The second-order valence-electron chi connectivity index (χ2n) is 5.86. The molecule has 4 nitrogen and oxygen atoms in total. The number of hydrogen-bond acceptors (Lipinski definition) is 3. The first-order valence-electron chi connectivity index (χ1n) is 8.05. The first kappa shape index (κ1) is 15.6. The van der Waals surface area contributed by atoms with Gasteiger partial charge >= 0.3 is 0 Å². The molecule has 0 radical (unpaired) electrons. The van der Waals surface area contributed by atoms with Gasteiger partial charge in [-0.3, -0.25) is 4.79 Å². The molecule has 1 unspecified atom stereocenters. The van der Waals surface area contributed by atoms with Gasteiger partial charge in [-0.05, 0) is 55.8 Å². The lowest BCUT2D eigenvalue weighted by Gasteiger charge is -2.20. The third-order valence-corrected chi connectivity index (χ3v) is 4.16. The number of para-hydroxylation sites is 1. The highest BCUT2D eigenvalue weighted by molar-refractivity contribution is 5.93. The van der Waals surface area contributed by atoms with Crippen LogP contribution in [0.1, 0.15) is 19.3 Å². The van der Waals surface area contributed by atoms with E-state index in [9.17, 15) is 4.79 Å². The number of ether oxygens (including phenoxy) is 1. The van der Waals surface area contributed by atoms with Gasteiger partial charge in [0.25, 0.3) is 0 Å². The molecule has 0 bridgehead atoms. The average Bonchev–Trinajstić information content (AvgIpc) is 3.09. The molecule has 3 rings (SSSR count). The predicted octanol–water partition coefficient (Wildman–Crippen LogP) is 3.58. The van der Waals surface area contributed by atoms with E-state index in [0.29, 0.717) is 12.5 Å². The molecule has 1 amide bonds. The van der Waals surface area contributed by atoms with E-state index in [1.807, 2.05) is 61.6 Å². The van der Waals surface area contributed by atoms with Gasteiger partial charge < -0.3 is 15.0 Å². The van der Waals surface area contributed by atoms with Gasteiger partial charge in [-0.15, -0.1) is 0 Å². The van der Waals surface area contributed by atoms with Crippen LogP contribution in [0.2, 0.25) is 0 Å². The Morgan fingerprint density at radius 3 is 2.48 bits per heavy atom. The maximum atomic E-state index is 12.3. The van der Waals surface area contributed by atoms with Crippen LogP contribution in [0, 0.1) is 0 Å². The highest BCUT2D eigenvalue weighted by Crippen LogP contribution is 2.24. The van der Waals surface area contributed by atoms with Crippen molar-refractivity contribution in [3.63, 3.8) is 0 Å². The molecule has 23 heavy (non-hydrogen) atoms. The molecular weight excluding hydrogens is 288 g/mol.